The summed E-state index contributed by atoms with van der Waals surface area (Å²) in [6, 6.07) is 9.91. The minimum atomic E-state index is 0.0724. The van der Waals surface area contributed by atoms with Gasteiger partial charge in [-0.15, -0.1) is 10.2 Å². The fraction of sp³-hybridized carbons (Fsp3) is 0.471. The first-order valence-corrected chi connectivity index (χ1v) is 9.16. The second-order valence-corrected chi connectivity index (χ2v) is 6.86. The SMILES string of the molecule is O=C(CSc1nncn1-c1ccccc1)NCC1CCCCC1. The third kappa shape index (κ3) is 4.58. The average Bonchev–Trinajstić information content (AvgIpc) is 3.08. The number of rotatable bonds is 6. The third-order valence-electron chi connectivity index (χ3n) is 4.20. The standard InChI is InChI=1S/C17H22N4OS/c22-16(18-11-14-7-3-1-4-8-14)12-23-17-20-19-13-21(17)15-9-5-2-6-10-15/h2,5-6,9-10,13-14H,1,3-4,7-8,11-12H2,(H,18,22). The van der Waals surface area contributed by atoms with Crippen molar-refractivity contribution in [2.45, 2.75) is 37.3 Å². The Morgan fingerprint density at radius 3 is 2.78 bits per heavy atom. The van der Waals surface area contributed by atoms with Gasteiger partial charge in [0.15, 0.2) is 5.16 Å². The predicted octanol–water partition coefficient (Wildman–Crippen LogP) is 3.06. The highest BCUT2D eigenvalue weighted by molar-refractivity contribution is 7.99. The molecule has 1 N–H and O–H groups in total. The van der Waals surface area contributed by atoms with E-state index in [0.29, 0.717) is 11.7 Å². The van der Waals surface area contributed by atoms with Crippen LogP contribution in [0.5, 0.6) is 0 Å². The minimum Gasteiger partial charge on any atom is -0.355 e. The maximum absolute atomic E-state index is 12.0. The van der Waals surface area contributed by atoms with Crippen LogP contribution in [-0.4, -0.2) is 33.0 Å². The quantitative estimate of drug-likeness (QED) is 0.827. The molecule has 1 aliphatic rings. The van der Waals surface area contributed by atoms with E-state index >= 15 is 0 Å². The highest BCUT2D eigenvalue weighted by Gasteiger charge is 2.15. The number of hydrogen-bond donors (Lipinski definition) is 1. The maximum Gasteiger partial charge on any atom is 0.230 e. The fourth-order valence-corrected chi connectivity index (χ4v) is 3.68. The number of carbonyl (C=O) groups is 1. The topological polar surface area (TPSA) is 59.8 Å². The summed E-state index contributed by atoms with van der Waals surface area (Å²) in [6.07, 6.45) is 8.11. The second kappa shape index (κ2) is 8.15. The molecule has 0 atom stereocenters. The summed E-state index contributed by atoms with van der Waals surface area (Å²) >= 11 is 1.42. The van der Waals surface area contributed by atoms with E-state index in [0.717, 1.165) is 17.4 Å². The van der Waals surface area contributed by atoms with E-state index in [4.69, 9.17) is 0 Å². The number of para-hydroxylation sites is 1. The number of nitrogens with one attached hydrogen (secondary N) is 1. The molecular weight excluding hydrogens is 308 g/mol. The molecule has 0 aliphatic heterocycles. The number of amides is 1. The zero-order valence-electron chi connectivity index (χ0n) is 13.1. The van der Waals surface area contributed by atoms with Gasteiger partial charge in [0.25, 0.3) is 0 Å². The Bertz CT molecular complexity index is 623. The van der Waals surface area contributed by atoms with Crippen LogP contribution in [0.25, 0.3) is 5.69 Å². The van der Waals surface area contributed by atoms with E-state index in [-0.39, 0.29) is 5.91 Å². The summed E-state index contributed by atoms with van der Waals surface area (Å²) in [4.78, 5) is 12.0. The molecule has 1 aliphatic carbocycles. The van der Waals surface area contributed by atoms with Gasteiger partial charge < -0.3 is 5.32 Å². The van der Waals surface area contributed by atoms with Crippen LogP contribution >= 0.6 is 11.8 Å². The van der Waals surface area contributed by atoms with Crippen molar-refractivity contribution in [3.63, 3.8) is 0 Å². The molecule has 0 spiro atoms. The van der Waals surface area contributed by atoms with Gasteiger partial charge in [-0.1, -0.05) is 49.2 Å². The molecule has 0 unspecified atom stereocenters. The second-order valence-electron chi connectivity index (χ2n) is 5.92. The van der Waals surface area contributed by atoms with Crippen LogP contribution in [0.2, 0.25) is 0 Å². The summed E-state index contributed by atoms with van der Waals surface area (Å²) in [6.45, 7) is 0.810. The van der Waals surface area contributed by atoms with Crippen molar-refractivity contribution < 1.29 is 4.79 Å². The van der Waals surface area contributed by atoms with Crippen molar-refractivity contribution in [2.24, 2.45) is 5.92 Å². The number of nitrogens with zero attached hydrogens (tertiary/aromatic N) is 3. The molecule has 1 aromatic carbocycles. The first-order valence-electron chi connectivity index (χ1n) is 8.18. The summed E-state index contributed by atoms with van der Waals surface area (Å²) in [7, 11) is 0. The van der Waals surface area contributed by atoms with Gasteiger partial charge in [-0.05, 0) is 30.9 Å². The number of carbonyl (C=O) groups excluding carboxylic acids is 1. The summed E-state index contributed by atoms with van der Waals surface area (Å²) in [5.74, 6) is 1.10. The minimum absolute atomic E-state index is 0.0724. The van der Waals surface area contributed by atoms with Crippen molar-refractivity contribution in [1.29, 1.82) is 0 Å². The van der Waals surface area contributed by atoms with Gasteiger partial charge in [0.05, 0.1) is 5.75 Å². The third-order valence-corrected chi connectivity index (χ3v) is 5.14. The van der Waals surface area contributed by atoms with Gasteiger partial charge in [0, 0.05) is 12.2 Å². The molecule has 1 amide bonds. The van der Waals surface area contributed by atoms with E-state index in [1.165, 1.54) is 43.9 Å². The molecule has 1 heterocycles. The van der Waals surface area contributed by atoms with E-state index < -0.39 is 0 Å². The lowest BCUT2D eigenvalue weighted by Gasteiger charge is -2.21. The fourth-order valence-electron chi connectivity index (χ4n) is 2.92. The molecule has 6 heteroatoms. The van der Waals surface area contributed by atoms with Crippen LogP contribution in [0.15, 0.2) is 41.8 Å². The van der Waals surface area contributed by atoms with Crippen LogP contribution in [0.3, 0.4) is 0 Å². The van der Waals surface area contributed by atoms with E-state index in [2.05, 4.69) is 15.5 Å². The van der Waals surface area contributed by atoms with Gasteiger partial charge in [-0.2, -0.15) is 0 Å². The number of aromatic nitrogens is 3. The Hall–Kier alpha value is -1.82. The van der Waals surface area contributed by atoms with Gasteiger partial charge in [0.2, 0.25) is 5.91 Å². The average molecular weight is 330 g/mol. The lowest BCUT2D eigenvalue weighted by molar-refractivity contribution is -0.118. The van der Waals surface area contributed by atoms with Crippen LogP contribution < -0.4 is 5.32 Å². The lowest BCUT2D eigenvalue weighted by Crippen LogP contribution is -2.31. The molecule has 122 valence electrons. The zero-order chi connectivity index (χ0) is 15.9. The number of thioether (sulfide) groups is 1. The van der Waals surface area contributed by atoms with Crippen molar-refractivity contribution in [3.05, 3.63) is 36.7 Å². The molecule has 0 bridgehead atoms. The first kappa shape index (κ1) is 16.1. The Labute approximate surface area is 140 Å². The Morgan fingerprint density at radius 1 is 1.22 bits per heavy atom. The molecule has 0 saturated heterocycles. The van der Waals surface area contributed by atoms with Crippen molar-refractivity contribution in [3.8, 4) is 5.69 Å². The lowest BCUT2D eigenvalue weighted by atomic mass is 9.89. The van der Waals surface area contributed by atoms with Crippen LogP contribution in [0.4, 0.5) is 0 Å². The van der Waals surface area contributed by atoms with E-state index in [9.17, 15) is 4.79 Å². The number of benzene rings is 1. The van der Waals surface area contributed by atoms with Crippen molar-refractivity contribution in [1.82, 2.24) is 20.1 Å². The normalized spacial score (nSPS) is 15.5. The molecule has 0 radical (unpaired) electrons. The van der Waals surface area contributed by atoms with E-state index in [1.54, 1.807) is 6.33 Å². The van der Waals surface area contributed by atoms with Crippen molar-refractivity contribution >= 4 is 17.7 Å². The van der Waals surface area contributed by atoms with Crippen molar-refractivity contribution in [2.75, 3.05) is 12.3 Å². The first-order chi connectivity index (χ1) is 11.3. The van der Waals surface area contributed by atoms with Crippen LogP contribution in [0, 0.1) is 5.92 Å². The monoisotopic (exact) mass is 330 g/mol. The molecule has 23 heavy (non-hydrogen) atoms. The smallest absolute Gasteiger partial charge is 0.230 e. The number of hydrogen-bond acceptors (Lipinski definition) is 4. The maximum atomic E-state index is 12.0. The summed E-state index contributed by atoms with van der Waals surface area (Å²) in [5.41, 5.74) is 1.00. The van der Waals surface area contributed by atoms with Gasteiger partial charge in [0.1, 0.15) is 6.33 Å². The van der Waals surface area contributed by atoms with Gasteiger partial charge >= 0.3 is 0 Å². The molecule has 1 aromatic heterocycles. The van der Waals surface area contributed by atoms with Crippen LogP contribution in [-0.2, 0) is 4.79 Å². The summed E-state index contributed by atoms with van der Waals surface area (Å²) < 4.78 is 1.90. The highest BCUT2D eigenvalue weighted by Crippen LogP contribution is 2.23. The molecular formula is C17H22N4OS. The van der Waals surface area contributed by atoms with Crippen LogP contribution in [0.1, 0.15) is 32.1 Å². The zero-order valence-corrected chi connectivity index (χ0v) is 14.0. The molecule has 1 saturated carbocycles. The molecule has 5 nitrogen and oxygen atoms in total. The van der Waals surface area contributed by atoms with Gasteiger partial charge in [-0.3, -0.25) is 9.36 Å². The highest BCUT2D eigenvalue weighted by atomic mass is 32.2. The Morgan fingerprint density at radius 2 is 2.00 bits per heavy atom. The molecule has 2 aromatic rings. The predicted molar refractivity (Wildman–Crippen MR) is 91.7 cm³/mol. The Kier molecular flexibility index (Phi) is 5.69. The largest absolute Gasteiger partial charge is 0.355 e. The molecule has 3 rings (SSSR count). The van der Waals surface area contributed by atoms with E-state index in [1.807, 2.05) is 34.9 Å². The van der Waals surface area contributed by atoms with Gasteiger partial charge in [-0.25, -0.2) is 0 Å². The molecule has 1 fully saturated rings. The Balaban J connectivity index is 1.49. The summed E-state index contributed by atoms with van der Waals surface area (Å²) in [5, 5.41) is 11.9.